The predicted octanol–water partition coefficient (Wildman–Crippen LogP) is 1.11. The van der Waals surface area contributed by atoms with Gasteiger partial charge >= 0.3 is 0 Å². The van der Waals surface area contributed by atoms with Gasteiger partial charge in [-0.15, -0.1) is 0 Å². The number of hydrogen-bond donors (Lipinski definition) is 1. The fourth-order valence-electron chi connectivity index (χ4n) is 2.98. The van der Waals surface area contributed by atoms with Crippen LogP contribution in [0.4, 0.5) is 0 Å². The molecule has 1 N–H and O–H groups in total. The van der Waals surface area contributed by atoms with Gasteiger partial charge in [-0.05, 0) is 30.6 Å². The smallest absolute Gasteiger partial charge is 0.209 e. The first-order valence-electron chi connectivity index (χ1n) is 4.76. The summed E-state index contributed by atoms with van der Waals surface area (Å²) < 4.78 is 24.8. The monoisotopic (exact) mass is 203 g/mol. The Morgan fingerprint density at radius 1 is 1.23 bits per heavy atom. The van der Waals surface area contributed by atoms with Crippen LogP contribution in [0.25, 0.3) is 0 Å². The molecule has 4 heteroatoms. The first-order valence-corrected chi connectivity index (χ1v) is 6.65. The molecule has 0 aromatic heterocycles. The highest BCUT2D eigenvalue weighted by atomic mass is 32.2. The van der Waals surface area contributed by atoms with Crippen molar-refractivity contribution in [3.8, 4) is 0 Å². The van der Waals surface area contributed by atoms with Gasteiger partial charge in [-0.1, -0.05) is 13.8 Å². The van der Waals surface area contributed by atoms with E-state index < -0.39 is 10.0 Å². The third kappa shape index (κ3) is 1.31. The highest BCUT2D eigenvalue weighted by molar-refractivity contribution is 7.88. The van der Waals surface area contributed by atoms with Crippen LogP contribution in [-0.4, -0.2) is 20.2 Å². The van der Waals surface area contributed by atoms with E-state index in [1.54, 1.807) is 0 Å². The van der Waals surface area contributed by atoms with Crippen molar-refractivity contribution in [1.82, 2.24) is 4.72 Å². The van der Waals surface area contributed by atoms with Gasteiger partial charge in [0.05, 0.1) is 6.26 Å². The Labute approximate surface area is 80.0 Å². The van der Waals surface area contributed by atoms with Crippen molar-refractivity contribution < 1.29 is 8.42 Å². The molecule has 0 heterocycles. The molecule has 0 aromatic carbocycles. The van der Waals surface area contributed by atoms with Crippen molar-refractivity contribution in [3.05, 3.63) is 0 Å². The minimum Gasteiger partial charge on any atom is -0.213 e. The summed E-state index contributed by atoms with van der Waals surface area (Å²) in [7, 11) is -3.01. The lowest BCUT2D eigenvalue weighted by Gasteiger charge is -2.72. The maximum absolute atomic E-state index is 11.0. The molecule has 0 aliphatic heterocycles. The molecule has 0 unspecified atom stereocenters. The van der Waals surface area contributed by atoms with Crippen LogP contribution in [-0.2, 0) is 10.0 Å². The summed E-state index contributed by atoms with van der Waals surface area (Å²) in [4.78, 5) is 0. The molecule has 2 bridgehead atoms. The van der Waals surface area contributed by atoms with Gasteiger partial charge < -0.3 is 0 Å². The zero-order valence-electron chi connectivity index (χ0n) is 8.42. The van der Waals surface area contributed by atoms with Crippen LogP contribution in [0.1, 0.15) is 33.1 Å². The third-order valence-electron chi connectivity index (χ3n) is 3.70. The first-order chi connectivity index (χ1) is 5.77. The summed E-state index contributed by atoms with van der Waals surface area (Å²) in [5.41, 5.74) is 0.426. The Kier molecular flexibility index (Phi) is 1.66. The van der Waals surface area contributed by atoms with Crippen molar-refractivity contribution >= 4 is 10.0 Å². The van der Waals surface area contributed by atoms with E-state index in [9.17, 15) is 8.42 Å². The van der Waals surface area contributed by atoms with E-state index in [1.807, 2.05) is 0 Å². The zero-order valence-corrected chi connectivity index (χ0v) is 9.24. The van der Waals surface area contributed by atoms with Crippen molar-refractivity contribution in [1.29, 1.82) is 0 Å². The third-order valence-corrected chi connectivity index (χ3v) is 4.50. The molecule has 3 aliphatic carbocycles. The summed E-state index contributed by atoms with van der Waals surface area (Å²) in [5.74, 6) is 0.690. The number of hydrogen-bond acceptors (Lipinski definition) is 2. The zero-order chi connectivity index (χ0) is 9.91. The molecular weight excluding hydrogens is 186 g/mol. The second-order valence-corrected chi connectivity index (χ2v) is 6.95. The molecule has 3 aliphatic rings. The number of rotatable bonds is 3. The maximum atomic E-state index is 11.0. The molecule has 3 rings (SSSR count). The molecule has 76 valence electrons. The molecular formula is C9H17NO2S. The maximum Gasteiger partial charge on any atom is 0.209 e. The Hall–Kier alpha value is -0.0900. The van der Waals surface area contributed by atoms with E-state index in [0.717, 1.165) is 19.3 Å². The average molecular weight is 203 g/mol. The van der Waals surface area contributed by atoms with E-state index in [1.165, 1.54) is 6.26 Å². The molecule has 0 aromatic rings. The van der Waals surface area contributed by atoms with Gasteiger partial charge in [0.2, 0.25) is 10.0 Å². The summed E-state index contributed by atoms with van der Waals surface area (Å²) >= 11 is 0. The number of nitrogens with one attached hydrogen (secondary N) is 1. The lowest BCUT2D eigenvalue weighted by atomic mass is 9.36. The molecule has 0 spiro atoms. The van der Waals surface area contributed by atoms with Gasteiger partial charge in [0.15, 0.2) is 0 Å². The second-order valence-electron chi connectivity index (χ2n) is 5.20. The molecule has 3 fully saturated rings. The Bertz CT molecular complexity index is 312. The van der Waals surface area contributed by atoms with Gasteiger partial charge in [0.25, 0.3) is 0 Å². The fourth-order valence-corrected chi connectivity index (χ4v) is 3.98. The molecule has 3 nitrogen and oxygen atoms in total. The summed E-state index contributed by atoms with van der Waals surface area (Å²) in [6, 6.07) is 0. The fraction of sp³-hybridized carbons (Fsp3) is 1.00. The van der Waals surface area contributed by atoms with Gasteiger partial charge in [-0.3, -0.25) is 0 Å². The van der Waals surface area contributed by atoms with E-state index in [4.69, 9.17) is 0 Å². The van der Waals surface area contributed by atoms with Crippen LogP contribution in [0.5, 0.6) is 0 Å². The van der Waals surface area contributed by atoms with Crippen LogP contribution < -0.4 is 4.72 Å². The normalized spacial score (nSPS) is 42.8. The lowest BCUT2D eigenvalue weighted by Crippen LogP contribution is -2.75. The van der Waals surface area contributed by atoms with Crippen LogP contribution in [0.2, 0.25) is 0 Å². The molecule has 0 radical (unpaired) electrons. The van der Waals surface area contributed by atoms with Crippen molar-refractivity contribution in [3.63, 3.8) is 0 Å². The van der Waals surface area contributed by atoms with Crippen molar-refractivity contribution in [2.24, 2.45) is 11.3 Å². The topological polar surface area (TPSA) is 46.2 Å². The number of sulfonamides is 1. The SMILES string of the molecule is CC(C)C12CC(NS(C)(=O)=O)(C1)C2. The molecule has 0 saturated heterocycles. The quantitative estimate of drug-likeness (QED) is 0.747. The molecule has 0 atom stereocenters. The highest BCUT2D eigenvalue weighted by Crippen LogP contribution is 2.70. The Morgan fingerprint density at radius 3 is 2.00 bits per heavy atom. The molecule has 0 amide bonds. The summed E-state index contributed by atoms with van der Waals surface area (Å²) in [6.45, 7) is 4.45. The van der Waals surface area contributed by atoms with E-state index in [0.29, 0.717) is 11.3 Å². The van der Waals surface area contributed by atoms with Gasteiger partial charge in [0, 0.05) is 5.54 Å². The Morgan fingerprint density at radius 2 is 1.69 bits per heavy atom. The molecule has 13 heavy (non-hydrogen) atoms. The minimum atomic E-state index is -3.01. The first kappa shape index (κ1) is 9.46. The van der Waals surface area contributed by atoms with Crippen LogP contribution in [0, 0.1) is 11.3 Å². The summed E-state index contributed by atoms with van der Waals surface area (Å²) in [5, 5.41) is 0. The summed E-state index contributed by atoms with van der Waals surface area (Å²) in [6.07, 6.45) is 4.38. The van der Waals surface area contributed by atoms with E-state index in [2.05, 4.69) is 18.6 Å². The standard InChI is InChI=1S/C9H17NO2S/c1-7(2)8-4-9(5-8,6-8)10-13(3,11)12/h7,10H,4-6H2,1-3H3. The van der Waals surface area contributed by atoms with Gasteiger partial charge in [-0.25, -0.2) is 13.1 Å². The van der Waals surface area contributed by atoms with E-state index >= 15 is 0 Å². The Balaban J connectivity index is 1.98. The average Bonchev–Trinajstić information content (AvgIpc) is 1.71. The van der Waals surface area contributed by atoms with Crippen LogP contribution >= 0.6 is 0 Å². The second kappa shape index (κ2) is 2.28. The largest absolute Gasteiger partial charge is 0.213 e. The van der Waals surface area contributed by atoms with Crippen molar-refractivity contribution in [2.45, 2.75) is 38.6 Å². The van der Waals surface area contributed by atoms with Crippen LogP contribution in [0.3, 0.4) is 0 Å². The minimum absolute atomic E-state index is 0.0438. The van der Waals surface area contributed by atoms with E-state index in [-0.39, 0.29) is 5.54 Å². The highest BCUT2D eigenvalue weighted by Gasteiger charge is 2.69. The molecule has 3 saturated carbocycles. The van der Waals surface area contributed by atoms with Gasteiger partial charge in [0.1, 0.15) is 0 Å². The van der Waals surface area contributed by atoms with Crippen molar-refractivity contribution in [2.75, 3.05) is 6.26 Å². The lowest BCUT2D eigenvalue weighted by molar-refractivity contribution is -0.172. The predicted molar refractivity (Wildman–Crippen MR) is 51.8 cm³/mol. The van der Waals surface area contributed by atoms with Gasteiger partial charge in [-0.2, -0.15) is 0 Å². The van der Waals surface area contributed by atoms with Crippen LogP contribution in [0.15, 0.2) is 0 Å².